The van der Waals surface area contributed by atoms with Crippen LogP contribution in [0.1, 0.15) is 11.3 Å². The summed E-state index contributed by atoms with van der Waals surface area (Å²) in [7, 11) is 0. The number of rotatable bonds is 2. The molecule has 1 aromatic carbocycles. The molecule has 3 nitrogen and oxygen atoms in total. The van der Waals surface area contributed by atoms with Gasteiger partial charge in [-0.1, -0.05) is 24.3 Å². The largest absolute Gasteiger partial charge is 0.326 e. The third-order valence-corrected chi connectivity index (χ3v) is 2.33. The van der Waals surface area contributed by atoms with Crippen LogP contribution in [0, 0.1) is 6.92 Å². The summed E-state index contributed by atoms with van der Waals surface area (Å²) < 4.78 is 0. The van der Waals surface area contributed by atoms with Crippen LogP contribution in [-0.4, -0.2) is 10.2 Å². The summed E-state index contributed by atoms with van der Waals surface area (Å²) in [6, 6.07) is 8.23. The molecule has 1 heterocycles. The zero-order valence-electron chi connectivity index (χ0n) is 8.12. The highest BCUT2D eigenvalue weighted by molar-refractivity contribution is 5.65. The number of H-pyrrole nitrogens is 1. The van der Waals surface area contributed by atoms with Crippen molar-refractivity contribution in [3.63, 3.8) is 0 Å². The molecule has 3 heteroatoms. The lowest BCUT2D eigenvalue weighted by Gasteiger charge is -2.00. The van der Waals surface area contributed by atoms with Gasteiger partial charge in [-0.25, -0.2) is 0 Å². The Morgan fingerprint density at radius 2 is 2.00 bits per heavy atom. The average Bonchev–Trinajstić information content (AvgIpc) is 2.65. The summed E-state index contributed by atoms with van der Waals surface area (Å²) in [4.78, 5) is 0. The third kappa shape index (κ3) is 1.54. The SMILES string of the molecule is Cc1n[nH]cc1-c1ccc(CN)cc1. The van der Waals surface area contributed by atoms with Crippen molar-refractivity contribution in [1.82, 2.24) is 10.2 Å². The fourth-order valence-electron chi connectivity index (χ4n) is 1.47. The van der Waals surface area contributed by atoms with E-state index in [1.807, 2.05) is 25.3 Å². The maximum atomic E-state index is 5.53. The van der Waals surface area contributed by atoms with E-state index in [0.29, 0.717) is 6.54 Å². The number of aromatic amines is 1. The fraction of sp³-hybridized carbons (Fsp3) is 0.182. The smallest absolute Gasteiger partial charge is 0.0669 e. The van der Waals surface area contributed by atoms with Gasteiger partial charge in [0.1, 0.15) is 0 Å². The summed E-state index contributed by atoms with van der Waals surface area (Å²) in [6.45, 7) is 2.58. The Morgan fingerprint density at radius 1 is 1.29 bits per heavy atom. The molecule has 0 saturated carbocycles. The van der Waals surface area contributed by atoms with E-state index < -0.39 is 0 Å². The number of benzene rings is 1. The quantitative estimate of drug-likeness (QED) is 0.753. The van der Waals surface area contributed by atoms with E-state index in [2.05, 4.69) is 22.3 Å². The van der Waals surface area contributed by atoms with Gasteiger partial charge in [0.15, 0.2) is 0 Å². The van der Waals surface area contributed by atoms with E-state index in [1.54, 1.807) is 0 Å². The number of nitrogens with two attached hydrogens (primary N) is 1. The molecule has 72 valence electrons. The summed E-state index contributed by atoms with van der Waals surface area (Å²) >= 11 is 0. The molecule has 0 aliphatic heterocycles. The van der Waals surface area contributed by atoms with Gasteiger partial charge in [-0.15, -0.1) is 0 Å². The molecule has 14 heavy (non-hydrogen) atoms. The second kappa shape index (κ2) is 3.64. The summed E-state index contributed by atoms with van der Waals surface area (Å²) in [5, 5.41) is 6.94. The number of aryl methyl sites for hydroxylation is 1. The molecule has 0 spiro atoms. The summed E-state index contributed by atoms with van der Waals surface area (Å²) in [5.41, 5.74) is 10.0. The van der Waals surface area contributed by atoms with Crippen LogP contribution in [-0.2, 0) is 6.54 Å². The van der Waals surface area contributed by atoms with Gasteiger partial charge in [0, 0.05) is 18.3 Å². The van der Waals surface area contributed by atoms with Crippen molar-refractivity contribution >= 4 is 0 Å². The highest BCUT2D eigenvalue weighted by Crippen LogP contribution is 2.21. The number of hydrogen-bond acceptors (Lipinski definition) is 2. The van der Waals surface area contributed by atoms with Crippen molar-refractivity contribution in [3.05, 3.63) is 41.7 Å². The van der Waals surface area contributed by atoms with Crippen molar-refractivity contribution in [2.75, 3.05) is 0 Å². The van der Waals surface area contributed by atoms with E-state index in [-0.39, 0.29) is 0 Å². The lowest BCUT2D eigenvalue weighted by Crippen LogP contribution is -1.95. The van der Waals surface area contributed by atoms with Gasteiger partial charge in [-0.3, -0.25) is 5.10 Å². The summed E-state index contributed by atoms with van der Waals surface area (Å²) in [5.74, 6) is 0. The molecule has 0 aliphatic carbocycles. The molecule has 2 aromatic rings. The second-order valence-electron chi connectivity index (χ2n) is 3.29. The Morgan fingerprint density at radius 3 is 2.50 bits per heavy atom. The van der Waals surface area contributed by atoms with E-state index in [1.165, 1.54) is 5.56 Å². The Balaban J connectivity index is 2.39. The van der Waals surface area contributed by atoms with Gasteiger partial charge < -0.3 is 5.73 Å². The topological polar surface area (TPSA) is 54.7 Å². The highest BCUT2D eigenvalue weighted by atomic mass is 15.1. The lowest BCUT2D eigenvalue weighted by atomic mass is 10.1. The van der Waals surface area contributed by atoms with Gasteiger partial charge in [0.05, 0.1) is 5.69 Å². The van der Waals surface area contributed by atoms with Crippen molar-refractivity contribution in [1.29, 1.82) is 0 Å². The number of hydrogen-bond donors (Lipinski definition) is 2. The van der Waals surface area contributed by atoms with E-state index in [9.17, 15) is 0 Å². The van der Waals surface area contributed by atoms with Gasteiger partial charge >= 0.3 is 0 Å². The minimum absolute atomic E-state index is 0.588. The average molecular weight is 187 g/mol. The molecule has 0 fully saturated rings. The molecule has 2 rings (SSSR count). The molecule has 0 saturated heterocycles. The van der Waals surface area contributed by atoms with Gasteiger partial charge in [0.25, 0.3) is 0 Å². The van der Waals surface area contributed by atoms with Gasteiger partial charge in [-0.05, 0) is 18.1 Å². The molecule has 1 aromatic heterocycles. The molecule has 0 bridgehead atoms. The minimum atomic E-state index is 0.588. The molecular formula is C11H13N3. The van der Waals surface area contributed by atoms with E-state index >= 15 is 0 Å². The van der Waals surface area contributed by atoms with Crippen molar-refractivity contribution in [2.24, 2.45) is 5.73 Å². The first kappa shape index (κ1) is 8.97. The molecule has 0 radical (unpaired) electrons. The Labute approximate surface area is 83.0 Å². The molecule has 0 amide bonds. The maximum Gasteiger partial charge on any atom is 0.0669 e. The Kier molecular flexibility index (Phi) is 2.33. The van der Waals surface area contributed by atoms with Crippen LogP contribution >= 0.6 is 0 Å². The first-order chi connectivity index (χ1) is 6.81. The highest BCUT2D eigenvalue weighted by Gasteiger charge is 2.02. The zero-order valence-corrected chi connectivity index (χ0v) is 8.12. The Bertz CT molecular complexity index is 414. The molecule has 0 unspecified atom stereocenters. The van der Waals surface area contributed by atoms with Crippen LogP contribution in [0.4, 0.5) is 0 Å². The number of nitrogens with one attached hydrogen (secondary N) is 1. The van der Waals surface area contributed by atoms with Crippen LogP contribution in [0.15, 0.2) is 30.5 Å². The molecule has 0 aliphatic rings. The monoisotopic (exact) mass is 187 g/mol. The second-order valence-corrected chi connectivity index (χ2v) is 3.29. The first-order valence-corrected chi connectivity index (χ1v) is 4.61. The lowest BCUT2D eigenvalue weighted by molar-refractivity contribution is 1.05. The summed E-state index contributed by atoms with van der Waals surface area (Å²) in [6.07, 6.45) is 1.91. The van der Waals surface area contributed by atoms with Crippen LogP contribution in [0.2, 0.25) is 0 Å². The molecule has 3 N–H and O–H groups in total. The van der Waals surface area contributed by atoms with Gasteiger partial charge in [0.2, 0.25) is 0 Å². The number of aromatic nitrogens is 2. The third-order valence-electron chi connectivity index (χ3n) is 2.33. The fourth-order valence-corrected chi connectivity index (χ4v) is 1.47. The van der Waals surface area contributed by atoms with Crippen molar-refractivity contribution in [3.8, 4) is 11.1 Å². The van der Waals surface area contributed by atoms with Crippen LogP contribution < -0.4 is 5.73 Å². The van der Waals surface area contributed by atoms with E-state index in [4.69, 9.17) is 5.73 Å². The maximum absolute atomic E-state index is 5.53. The molecular weight excluding hydrogens is 174 g/mol. The van der Waals surface area contributed by atoms with Gasteiger partial charge in [-0.2, -0.15) is 5.10 Å². The van der Waals surface area contributed by atoms with Crippen LogP contribution in [0.25, 0.3) is 11.1 Å². The Hall–Kier alpha value is -1.61. The van der Waals surface area contributed by atoms with E-state index in [0.717, 1.165) is 16.8 Å². The normalized spacial score (nSPS) is 10.4. The number of nitrogens with zero attached hydrogens (tertiary/aromatic N) is 1. The predicted octanol–water partition coefficient (Wildman–Crippen LogP) is 1.84. The van der Waals surface area contributed by atoms with Crippen molar-refractivity contribution in [2.45, 2.75) is 13.5 Å². The van der Waals surface area contributed by atoms with Crippen LogP contribution in [0.5, 0.6) is 0 Å². The van der Waals surface area contributed by atoms with Crippen LogP contribution in [0.3, 0.4) is 0 Å². The molecule has 0 atom stereocenters. The zero-order chi connectivity index (χ0) is 9.97. The predicted molar refractivity (Wildman–Crippen MR) is 56.7 cm³/mol. The minimum Gasteiger partial charge on any atom is -0.326 e. The van der Waals surface area contributed by atoms with Crippen molar-refractivity contribution < 1.29 is 0 Å². The standard InChI is InChI=1S/C11H13N3/c1-8-11(7-13-14-8)10-4-2-9(6-12)3-5-10/h2-5,7H,6,12H2,1H3,(H,13,14). The first-order valence-electron chi connectivity index (χ1n) is 4.61.